The van der Waals surface area contributed by atoms with Crippen LogP contribution in [0.2, 0.25) is 0 Å². The zero-order chi connectivity index (χ0) is 17.4. The van der Waals surface area contributed by atoms with Crippen LogP contribution in [-0.2, 0) is 6.42 Å². The maximum absolute atomic E-state index is 12.0. The standard InChI is InChI=1S/C19H23N5O/c1-22-10-12-23(13-11-22)15-5-3-6-16-18(15)21-17(24(16)19(20)25)7-2-4-14-8-9-14/h3,5-6,14H,7-13H2,1H3,(H2,20,25). The molecule has 130 valence electrons. The lowest BCUT2D eigenvalue weighted by Crippen LogP contribution is -2.44. The molecule has 1 saturated carbocycles. The van der Waals surface area contributed by atoms with Crippen molar-refractivity contribution in [2.24, 2.45) is 11.7 Å². The van der Waals surface area contributed by atoms with Crippen molar-refractivity contribution >= 4 is 22.8 Å². The molecule has 4 rings (SSSR count). The number of rotatable bonds is 2. The second kappa shape index (κ2) is 6.41. The number of fused-ring (bicyclic) bond motifs is 1. The van der Waals surface area contributed by atoms with Gasteiger partial charge in [-0.05, 0) is 32.0 Å². The molecule has 25 heavy (non-hydrogen) atoms. The predicted octanol–water partition coefficient (Wildman–Crippen LogP) is 1.67. The van der Waals surface area contributed by atoms with Crippen molar-refractivity contribution in [2.45, 2.75) is 19.3 Å². The summed E-state index contributed by atoms with van der Waals surface area (Å²) in [6, 6.07) is 5.45. The van der Waals surface area contributed by atoms with Gasteiger partial charge in [-0.1, -0.05) is 17.9 Å². The third-order valence-electron chi connectivity index (χ3n) is 4.93. The number of hydrogen-bond acceptors (Lipinski definition) is 4. The number of nitrogens with zero attached hydrogens (tertiary/aromatic N) is 4. The van der Waals surface area contributed by atoms with Crippen LogP contribution in [0, 0.1) is 17.8 Å². The van der Waals surface area contributed by atoms with Crippen LogP contribution < -0.4 is 10.6 Å². The third kappa shape index (κ3) is 3.20. The van der Waals surface area contributed by atoms with E-state index in [0.717, 1.165) is 42.9 Å². The number of hydrogen-bond donors (Lipinski definition) is 1. The Kier molecular flexibility index (Phi) is 4.10. The van der Waals surface area contributed by atoms with Crippen LogP contribution in [0.15, 0.2) is 18.2 Å². The number of nitrogens with two attached hydrogens (primary N) is 1. The van der Waals surface area contributed by atoms with Crippen molar-refractivity contribution < 1.29 is 4.79 Å². The SMILES string of the molecule is CN1CCN(c2cccc3c2nc(CC#CC2CC2)n3C(N)=O)CC1. The van der Waals surface area contributed by atoms with Crippen molar-refractivity contribution in [3.05, 3.63) is 24.0 Å². The van der Waals surface area contributed by atoms with E-state index in [1.165, 1.54) is 17.4 Å². The van der Waals surface area contributed by atoms with Gasteiger partial charge < -0.3 is 15.5 Å². The summed E-state index contributed by atoms with van der Waals surface area (Å²) in [5.74, 6) is 7.56. The number of likely N-dealkylation sites (N-methyl/N-ethyl adjacent to an activating group) is 1. The van der Waals surface area contributed by atoms with Crippen molar-refractivity contribution in [1.82, 2.24) is 14.5 Å². The van der Waals surface area contributed by atoms with Gasteiger partial charge in [0.05, 0.1) is 17.6 Å². The lowest BCUT2D eigenvalue weighted by molar-refractivity contribution is 0.250. The predicted molar refractivity (Wildman–Crippen MR) is 98.6 cm³/mol. The minimum Gasteiger partial charge on any atom is -0.367 e. The summed E-state index contributed by atoms with van der Waals surface area (Å²) >= 11 is 0. The minimum atomic E-state index is -0.499. The summed E-state index contributed by atoms with van der Waals surface area (Å²) in [6.07, 6.45) is 2.83. The Morgan fingerprint density at radius 2 is 2.04 bits per heavy atom. The van der Waals surface area contributed by atoms with Gasteiger partial charge in [0.2, 0.25) is 0 Å². The maximum atomic E-state index is 12.0. The van der Waals surface area contributed by atoms with E-state index in [1.807, 2.05) is 12.1 Å². The second-order valence-electron chi connectivity index (χ2n) is 6.91. The Bertz CT molecular complexity index is 863. The van der Waals surface area contributed by atoms with E-state index in [1.54, 1.807) is 0 Å². The van der Waals surface area contributed by atoms with Gasteiger partial charge in [0.25, 0.3) is 0 Å². The highest BCUT2D eigenvalue weighted by Gasteiger charge is 2.22. The van der Waals surface area contributed by atoms with E-state index in [2.05, 4.69) is 34.8 Å². The first-order chi connectivity index (χ1) is 12.1. The van der Waals surface area contributed by atoms with Crippen LogP contribution >= 0.6 is 0 Å². The molecule has 1 aromatic carbocycles. The smallest absolute Gasteiger partial charge is 0.324 e. The maximum Gasteiger partial charge on any atom is 0.324 e. The van der Waals surface area contributed by atoms with Crippen LogP contribution in [0.3, 0.4) is 0 Å². The molecule has 1 aliphatic heterocycles. The normalized spacial score (nSPS) is 18.2. The molecular formula is C19H23N5O. The number of carbonyl (C=O) groups excluding carboxylic acids is 1. The zero-order valence-electron chi connectivity index (χ0n) is 14.5. The molecule has 0 bridgehead atoms. The molecule has 0 radical (unpaired) electrons. The Balaban J connectivity index is 1.73. The summed E-state index contributed by atoms with van der Waals surface area (Å²) in [7, 11) is 2.14. The average molecular weight is 337 g/mol. The van der Waals surface area contributed by atoms with Crippen molar-refractivity contribution in [2.75, 3.05) is 38.1 Å². The largest absolute Gasteiger partial charge is 0.367 e. The first kappa shape index (κ1) is 16.0. The van der Waals surface area contributed by atoms with Crippen LogP contribution in [0.5, 0.6) is 0 Å². The van der Waals surface area contributed by atoms with Gasteiger partial charge in [-0.15, -0.1) is 0 Å². The van der Waals surface area contributed by atoms with E-state index in [0.29, 0.717) is 18.2 Å². The summed E-state index contributed by atoms with van der Waals surface area (Å²) in [6.45, 7) is 3.95. The highest BCUT2D eigenvalue weighted by atomic mass is 16.2. The van der Waals surface area contributed by atoms with Crippen molar-refractivity contribution in [3.63, 3.8) is 0 Å². The van der Waals surface area contributed by atoms with E-state index in [-0.39, 0.29) is 0 Å². The van der Waals surface area contributed by atoms with Gasteiger partial charge in [0.1, 0.15) is 11.3 Å². The molecule has 2 fully saturated rings. The van der Waals surface area contributed by atoms with E-state index in [4.69, 9.17) is 10.7 Å². The fourth-order valence-electron chi connectivity index (χ4n) is 3.30. The lowest BCUT2D eigenvalue weighted by Gasteiger charge is -2.34. The molecule has 2 N–H and O–H groups in total. The third-order valence-corrected chi connectivity index (χ3v) is 4.93. The molecule has 6 nitrogen and oxygen atoms in total. The molecule has 0 unspecified atom stereocenters. The second-order valence-corrected chi connectivity index (χ2v) is 6.91. The number of para-hydroxylation sites is 1. The number of imidazole rings is 1. The number of primary amides is 1. The molecule has 0 atom stereocenters. The Morgan fingerprint density at radius 1 is 1.28 bits per heavy atom. The fraction of sp³-hybridized carbons (Fsp3) is 0.474. The van der Waals surface area contributed by atoms with Gasteiger partial charge in [-0.2, -0.15) is 0 Å². The van der Waals surface area contributed by atoms with E-state index >= 15 is 0 Å². The van der Waals surface area contributed by atoms with Gasteiger partial charge in [0, 0.05) is 32.1 Å². The summed E-state index contributed by atoms with van der Waals surface area (Å²) in [5, 5.41) is 0. The summed E-state index contributed by atoms with van der Waals surface area (Å²) < 4.78 is 1.51. The zero-order valence-corrected chi connectivity index (χ0v) is 14.5. The number of anilines is 1. The molecule has 2 heterocycles. The lowest BCUT2D eigenvalue weighted by atomic mass is 10.2. The molecule has 2 aromatic rings. The summed E-state index contributed by atoms with van der Waals surface area (Å²) in [4.78, 5) is 21.4. The first-order valence-electron chi connectivity index (χ1n) is 8.85. The molecule has 2 aliphatic rings. The highest BCUT2D eigenvalue weighted by molar-refractivity contribution is 5.96. The highest BCUT2D eigenvalue weighted by Crippen LogP contribution is 2.29. The molecule has 6 heteroatoms. The quantitative estimate of drug-likeness (QED) is 0.847. The molecule has 1 amide bonds. The van der Waals surface area contributed by atoms with E-state index < -0.39 is 6.03 Å². The summed E-state index contributed by atoms with van der Waals surface area (Å²) in [5.41, 5.74) is 8.31. The molecular weight excluding hydrogens is 314 g/mol. The van der Waals surface area contributed by atoms with Gasteiger partial charge in [-0.3, -0.25) is 0 Å². The van der Waals surface area contributed by atoms with Gasteiger partial charge in [-0.25, -0.2) is 14.3 Å². The Labute approximate surface area is 147 Å². The number of amides is 1. The van der Waals surface area contributed by atoms with Crippen LogP contribution in [0.4, 0.5) is 10.5 Å². The monoisotopic (exact) mass is 337 g/mol. The molecule has 1 aliphatic carbocycles. The number of aromatic nitrogens is 2. The number of carbonyl (C=O) groups is 1. The molecule has 0 spiro atoms. The Morgan fingerprint density at radius 3 is 2.72 bits per heavy atom. The number of benzene rings is 1. The van der Waals surface area contributed by atoms with Crippen LogP contribution in [0.1, 0.15) is 18.7 Å². The van der Waals surface area contributed by atoms with Crippen LogP contribution in [-0.4, -0.2) is 53.7 Å². The molecule has 1 saturated heterocycles. The van der Waals surface area contributed by atoms with Gasteiger partial charge in [0.15, 0.2) is 0 Å². The Hall–Kier alpha value is -2.52. The number of piperazine rings is 1. The minimum absolute atomic E-state index is 0.455. The first-order valence-corrected chi connectivity index (χ1v) is 8.85. The van der Waals surface area contributed by atoms with E-state index in [9.17, 15) is 4.79 Å². The van der Waals surface area contributed by atoms with Gasteiger partial charge >= 0.3 is 6.03 Å². The average Bonchev–Trinajstić information content (AvgIpc) is 3.33. The van der Waals surface area contributed by atoms with Crippen molar-refractivity contribution in [3.8, 4) is 11.8 Å². The molecule has 1 aromatic heterocycles. The van der Waals surface area contributed by atoms with Crippen molar-refractivity contribution in [1.29, 1.82) is 0 Å². The fourth-order valence-corrected chi connectivity index (χ4v) is 3.30. The van der Waals surface area contributed by atoms with Crippen LogP contribution in [0.25, 0.3) is 11.0 Å². The topological polar surface area (TPSA) is 67.4 Å².